The number of methoxy groups -OCH3 is 1. The molecule has 2 aromatic carbocycles. The van der Waals surface area contributed by atoms with E-state index in [-0.39, 0.29) is 5.75 Å². The van der Waals surface area contributed by atoms with Gasteiger partial charge in [0.25, 0.3) is 0 Å². The third-order valence-corrected chi connectivity index (χ3v) is 4.04. The van der Waals surface area contributed by atoms with E-state index >= 15 is 0 Å². The molecule has 0 aliphatic rings. The molecule has 0 unspecified atom stereocenters. The first-order valence-electron chi connectivity index (χ1n) is 5.95. The average molecular weight is 371 g/mol. The Kier molecular flexibility index (Phi) is 3.54. The minimum absolute atomic E-state index is 0.0998. The Bertz CT molecular complexity index is 904. The number of H-pyrrole nitrogens is 1. The smallest absolute Gasteiger partial charge is 0.182 e. The number of imidazole rings is 1. The summed E-state index contributed by atoms with van der Waals surface area (Å²) in [6, 6.07) is 7.48. The van der Waals surface area contributed by atoms with Gasteiger partial charge in [0.1, 0.15) is 5.82 Å². The standard InChI is InChI=1S/C14H9BrF2N2OS/c1-20-13-6-12-11(5-10(13)17)18-14(21)19(12)7-2-3-8(15)9(16)4-7/h2-6H,1H3,(H,18,21). The van der Waals surface area contributed by atoms with Crippen LogP contribution in [-0.2, 0) is 0 Å². The van der Waals surface area contributed by atoms with Crippen LogP contribution in [0.3, 0.4) is 0 Å². The lowest BCUT2D eigenvalue weighted by Gasteiger charge is -2.07. The molecule has 0 fully saturated rings. The van der Waals surface area contributed by atoms with Crippen molar-refractivity contribution in [2.45, 2.75) is 0 Å². The van der Waals surface area contributed by atoms with E-state index in [0.717, 1.165) is 0 Å². The zero-order valence-corrected chi connectivity index (χ0v) is 13.2. The highest BCUT2D eigenvalue weighted by Gasteiger charge is 2.13. The lowest BCUT2D eigenvalue weighted by molar-refractivity contribution is 0.387. The van der Waals surface area contributed by atoms with Gasteiger partial charge in [0.2, 0.25) is 0 Å². The molecule has 108 valence electrons. The van der Waals surface area contributed by atoms with Gasteiger partial charge < -0.3 is 9.72 Å². The van der Waals surface area contributed by atoms with E-state index in [4.69, 9.17) is 17.0 Å². The molecule has 1 N–H and O–H groups in total. The summed E-state index contributed by atoms with van der Waals surface area (Å²) in [6.07, 6.45) is 0. The summed E-state index contributed by atoms with van der Waals surface area (Å²) in [6.45, 7) is 0. The van der Waals surface area contributed by atoms with Gasteiger partial charge in [-0.1, -0.05) is 0 Å². The van der Waals surface area contributed by atoms with E-state index in [1.165, 1.54) is 25.3 Å². The van der Waals surface area contributed by atoms with Crippen molar-refractivity contribution in [3.8, 4) is 11.4 Å². The summed E-state index contributed by atoms with van der Waals surface area (Å²) in [5, 5.41) is 0. The molecule has 21 heavy (non-hydrogen) atoms. The lowest BCUT2D eigenvalue weighted by atomic mass is 10.2. The van der Waals surface area contributed by atoms with Crippen LogP contribution in [0.25, 0.3) is 16.7 Å². The number of nitrogens with zero attached hydrogens (tertiary/aromatic N) is 1. The highest BCUT2D eigenvalue weighted by Crippen LogP contribution is 2.28. The van der Waals surface area contributed by atoms with Crippen molar-refractivity contribution in [2.24, 2.45) is 0 Å². The maximum Gasteiger partial charge on any atom is 0.182 e. The maximum absolute atomic E-state index is 13.7. The van der Waals surface area contributed by atoms with Gasteiger partial charge in [-0.05, 0) is 46.3 Å². The Morgan fingerprint density at radius 1 is 1.19 bits per heavy atom. The maximum atomic E-state index is 13.7. The van der Waals surface area contributed by atoms with Crippen LogP contribution < -0.4 is 4.74 Å². The average Bonchev–Trinajstić information content (AvgIpc) is 2.76. The van der Waals surface area contributed by atoms with Crippen molar-refractivity contribution in [3.05, 3.63) is 51.2 Å². The van der Waals surface area contributed by atoms with Crippen LogP contribution in [0.15, 0.2) is 34.8 Å². The monoisotopic (exact) mass is 370 g/mol. The first-order valence-corrected chi connectivity index (χ1v) is 7.15. The zero-order valence-electron chi connectivity index (χ0n) is 10.8. The number of rotatable bonds is 2. The van der Waals surface area contributed by atoms with Gasteiger partial charge in [-0.25, -0.2) is 8.78 Å². The fourth-order valence-electron chi connectivity index (χ4n) is 2.15. The Morgan fingerprint density at radius 3 is 2.62 bits per heavy atom. The van der Waals surface area contributed by atoms with Crippen LogP contribution in [-0.4, -0.2) is 16.7 Å². The Hall–Kier alpha value is -1.73. The summed E-state index contributed by atoms with van der Waals surface area (Å²) < 4.78 is 34.8. The molecule has 0 atom stereocenters. The van der Waals surface area contributed by atoms with E-state index in [0.29, 0.717) is 26.0 Å². The molecule has 0 amide bonds. The van der Waals surface area contributed by atoms with Crippen LogP contribution in [0, 0.1) is 16.4 Å². The molecule has 0 bridgehead atoms. The third kappa shape index (κ3) is 2.36. The summed E-state index contributed by atoms with van der Waals surface area (Å²) in [5.41, 5.74) is 1.67. The molecule has 1 aromatic heterocycles. The van der Waals surface area contributed by atoms with Crippen LogP contribution in [0.4, 0.5) is 8.78 Å². The molecule has 0 aliphatic heterocycles. The van der Waals surface area contributed by atoms with E-state index in [2.05, 4.69) is 20.9 Å². The van der Waals surface area contributed by atoms with Gasteiger partial charge in [-0.15, -0.1) is 0 Å². The molecular formula is C14H9BrF2N2OS. The van der Waals surface area contributed by atoms with Crippen LogP contribution >= 0.6 is 28.1 Å². The number of nitrogens with one attached hydrogen (secondary N) is 1. The van der Waals surface area contributed by atoms with Gasteiger partial charge >= 0.3 is 0 Å². The molecule has 3 aromatic rings. The molecule has 1 heterocycles. The number of ether oxygens (including phenoxy) is 1. The zero-order chi connectivity index (χ0) is 15.1. The summed E-state index contributed by atoms with van der Waals surface area (Å²) >= 11 is 8.35. The summed E-state index contributed by atoms with van der Waals surface area (Å²) in [4.78, 5) is 2.90. The van der Waals surface area contributed by atoms with Crippen LogP contribution in [0.1, 0.15) is 0 Å². The number of aromatic nitrogens is 2. The highest BCUT2D eigenvalue weighted by molar-refractivity contribution is 9.10. The van der Waals surface area contributed by atoms with Crippen molar-refractivity contribution in [2.75, 3.05) is 7.11 Å². The lowest BCUT2D eigenvalue weighted by Crippen LogP contribution is -1.96. The number of fused-ring (bicyclic) bond motifs is 1. The minimum Gasteiger partial charge on any atom is -0.494 e. The van der Waals surface area contributed by atoms with Crippen molar-refractivity contribution in [1.29, 1.82) is 0 Å². The fourth-order valence-corrected chi connectivity index (χ4v) is 2.71. The van der Waals surface area contributed by atoms with E-state index in [1.807, 2.05) is 0 Å². The van der Waals surface area contributed by atoms with Crippen molar-refractivity contribution >= 4 is 39.2 Å². The van der Waals surface area contributed by atoms with Crippen LogP contribution in [0.2, 0.25) is 0 Å². The molecule has 7 heteroatoms. The van der Waals surface area contributed by atoms with E-state index in [9.17, 15) is 8.78 Å². The number of hydrogen-bond acceptors (Lipinski definition) is 2. The van der Waals surface area contributed by atoms with E-state index < -0.39 is 11.6 Å². The van der Waals surface area contributed by atoms with Crippen molar-refractivity contribution in [3.63, 3.8) is 0 Å². The second-order valence-corrected chi connectivity index (χ2v) is 5.61. The predicted octanol–water partition coefficient (Wildman–Crippen LogP) is 4.74. The second kappa shape index (κ2) is 5.23. The number of benzene rings is 2. The van der Waals surface area contributed by atoms with Crippen LogP contribution in [0.5, 0.6) is 5.75 Å². The Morgan fingerprint density at radius 2 is 1.95 bits per heavy atom. The minimum atomic E-state index is -0.490. The molecule has 0 saturated carbocycles. The molecule has 0 aliphatic carbocycles. The van der Waals surface area contributed by atoms with Gasteiger partial charge in [-0.3, -0.25) is 4.57 Å². The fraction of sp³-hybridized carbons (Fsp3) is 0.0714. The topological polar surface area (TPSA) is 29.9 Å². The SMILES string of the molecule is COc1cc2c(cc1F)[nH]c(=S)n2-c1ccc(Br)c(F)c1. The molecular weight excluding hydrogens is 362 g/mol. The van der Waals surface area contributed by atoms with Gasteiger partial charge in [0.15, 0.2) is 16.3 Å². The number of aromatic amines is 1. The van der Waals surface area contributed by atoms with E-state index in [1.54, 1.807) is 16.7 Å². The van der Waals surface area contributed by atoms with Gasteiger partial charge in [0.05, 0.1) is 28.3 Å². The highest BCUT2D eigenvalue weighted by atomic mass is 79.9. The largest absolute Gasteiger partial charge is 0.494 e. The van der Waals surface area contributed by atoms with Crippen molar-refractivity contribution < 1.29 is 13.5 Å². The summed E-state index contributed by atoms with van der Waals surface area (Å²) in [5.74, 6) is -0.795. The van der Waals surface area contributed by atoms with Crippen molar-refractivity contribution in [1.82, 2.24) is 9.55 Å². The second-order valence-electron chi connectivity index (χ2n) is 4.37. The predicted molar refractivity (Wildman–Crippen MR) is 82.6 cm³/mol. The normalized spacial score (nSPS) is 11.0. The Balaban J connectivity index is 2.33. The number of hydrogen-bond donors (Lipinski definition) is 1. The molecule has 0 spiro atoms. The first-order chi connectivity index (χ1) is 10.0. The van der Waals surface area contributed by atoms with Gasteiger partial charge in [-0.2, -0.15) is 0 Å². The molecule has 0 radical (unpaired) electrons. The summed E-state index contributed by atoms with van der Waals surface area (Å²) in [7, 11) is 1.38. The molecule has 0 saturated heterocycles. The molecule has 3 rings (SSSR count). The molecule has 3 nitrogen and oxygen atoms in total. The number of halogens is 3. The third-order valence-electron chi connectivity index (χ3n) is 3.12. The Labute approximate surface area is 132 Å². The van der Waals surface area contributed by atoms with Gasteiger partial charge in [0, 0.05) is 12.1 Å². The quantitative estimate of drug-likeness (QED) is 0.660. The first kappa shape index (κ1) is 14.2.